The van der Waals surface area contributed by atoms with E-state index in [2.05, 4.69) is 22.3 Å². The number of nitrogens with one attached hydrogen (secondary N) is 1. The third-order valence-electron chi connectivity index (χ3n) is 5.23. The van der Waals surface area contributed by atoms with Crippen molar-refractivity contribution in [2.45, 2.75) is 18.0 Å². The van der Waals surface area contributed by atoms with Crippen molar-refractivity contribution >= 4 is 17.4 Å². The Morgan fingerprint density at radius 3 is 2.68 bits per heavy atom. The summed E-state index contributed by atoms with van der Waals surface area (Å²) in [6.07, 6.45) is 0. The minimum Gasteiger partial charge on any atom is -0.394 e. The van der Waals surface area contributed by atoms with Gasteiger partial charge in [0, 0.05) is 30.9 Å². The van der Waals surface area contributed by atoms with Gasteiger partial charge in [-0.2, -0.15) is 0 Å². The van der Waals surface area contributed by atoms with Gasteiger partial charge in [0.1, 0.15) is 5.82 Å². The summed E-state index contributed by atoms with van der Waals surface area (Å²) in [5.41, 5.74) is 2.86. The van der Waals surface area contributed by atoms with Crippen molar-refractivity contribution in [2.75, 3.05) is 30.4 Å². The Balaban J connectivity index is 1.58. The molecule has 2 aromatic carbocycles. The van der Waals surface area contributed by atoms with Crippen LogP contribution in [0.15, 0.2) is 48.5 Å². The van der Waals surface area contributed by atoms with Crippen molar-refractivity contribution in [2.24, 2.45) is 0 Å². The van der Waals surface area contributed by atoms with Gasteiger partial charge in [0.05, 0.1) is 18.7 Å². The van der Waals surface area contributed by atoms with Gasteiger partial charge in [0.2, 0.25) is 0 Å². The second kappa shape index (κ2) is 6.04. The van der Waals surface area contributed by atoms with Crippen LogP contribution in [0.1, 0.15) is 11.5 Å². The number of nitrogens with zero attached hydrogens (tertiary/aromatic N) is 2. The maximum atomic E-state index is 13.0. The van der Waals surface area contributed by atoms with Crippen LogP contribution in [0.4, 0.5) is 20.6 Å². The Morgan fingerprint density at radius 2 is 1.96 bits per heavy atom. The molecular formula is C19H20FN3O2. The lowest BCUT2D eigenvalue weighted by Gasteiger charge is -2.58. The lowest BCUT2D eigenvalue weighted by Crippen LogP contribution is -2.70. The molecule has 0 unspecified atom stereocenters. The Labute approximate surface area is 145 Å². The number of amides is 2. The lowest BCUT2D eigenvalue weighted by atomic mass is 9.72. The molecule has 25 heavy (non-hydrogen) atoms. The number of fused-ring (bicyclic) bond motifs is 3. The number of anilines is 2. The molecule has 0 radical (unpaired) electrons. The summed E-state index contributed by atoms with van der Waals surface area (Å²) in [4.78, 5) is 16.6. The van der Waals surface area contributed by atoms with Crippen LogP contribution in [0.3, 0.4) is 0 Å². The van der Waals surface area contributed by atoms with E-state index in [-0.39, 0.29) is 36.5 Å². The van der Waals surface area contributed by atoms with Gasteiger partial charge >= 0.3 is 6.03 Å². The smallest absolute Gasteiger partial charge is 0.322 e. The van der Waals surface area contributed by atoms with E-state index >= 15 is 0 Å². The Morgan fingerprint density at radius 1 is 1.24 bits per heavy atom. The Kier molecular flexibility index (Phi) is 3.84. The van der Waals surface area contributed by atoms with Crippen LogP contribution >= 0.6 is 0 Å². The summed E-state index contributed by atoms with van der Waals surface area (Å²) < 4.78 is 13.0. The van der Waals surface area contributed by atoms with E-state index in [1.54, 1.807) is 4.90 Å². The predicted molar refractivity (Wildman–Crippen MR) is 94.4 cm³/mol. The van der Waals surface area contributed by atoms with Gasteiger partial charge in [0.15, 0.2) is 0 Å². The molecule has 130 valence electrons. The van der Waals surface area contributed by atoms with Crippen molar-refractivity contribution in [1.29, 1.82) is 0 Å². The maximum absolute atomic E-state index is 13.0. The van der Waals surface area contributed by atoms with Crippen LogP contribution < -0.4 is 10.2 Å². The predicted octanol–water partition coefficient (Wildman–Crippen LogP) is 2.64. The summed E-state index contributed by atoms with van der Waals surface area (Å²) in [5, 5.41) is 12.7. The first kappa shape index (κ1) is 15.9. The molecule has 0 aromatic heterocycles. The summed E-state index contributed by atoms with van der Waals surface area (Å²) in [7, 11) is 2.01. The molecule has 1 saturated heterocycles. The topological polar surface area (TPSA) is 55.8 Å². The van der Waals surface area contributed by atoms with E-state index in [4.69, 9.17) is 0 Å². The van der Waals surface area contributed by atoms with Gasteiger partial charge in [-0.3, -0.25) is 0 Å². The first-order valence-corrected chi connectivity index (χ1v) is 8.36. The molecule has 5 nitrogen and oxygen atoms in total. The first-order chi connectivity index (χ1) is 12.1. The molecule has 2 aliphatic rings. The Hall–Kier alpha value is -2.60. The molecule has 2 amide bonds. The van der Waals surface area contributed by atoms with E-state index in [1.807, 2.05) is 19.2 Å². The van der Waals surface area contributed by atoms with Gasteiger partial charge in [0.25, 0.3) is 0 Å². The van der Waals surface area contributed by atoms with Crippen molar-refractivity contribution < 1.29 is 14.3 Å². The molecule has 2 aromatic rings. The number of likely N-dealkylation sites (tertiary alicyclic amines) is 1. The fourth-order valence-electron chi connectivity index (χ4n) is 4.08. The zero-order valence-corrected chi connectivity index (χ0v) is 13.9. The zero-order chi connectivity index (χ0) is 17.6. The highest BCUT2D eigenvalue weighted by Gasteiger charge is 2.54. The number of urea groups is 1. The van der Waals surface area contributed by atoms with Crippen LogP contribution in [0.25, 0.3) is 0 Å². The van der Waals surface area contributed by atoms with Crippen LogP contribution in [0.5, 0.6) is 0 Å². The highest BCUT2D eigenvalue weighted by Crippen LogP contribution is 2.47. The zero-order valence-electron chi connectivity index (χ0n) is 13.9. The van der Waals surface area contributed by atoms with Crippen molar-refractivity contribution in [3.63, 3.8) is 0 Å². The van der Waals surface area contributed by atoms with Gasteiger partial charge in [-0.1, -0.05) is 18.2 Å². The number of hydrogen-bond acceptors (Lipinski definition) is 3. The van der Waals surface area contributed by atoms with Crippen LogP contribution in [0.2, 0.25) is 0 Å². The number of aliphatic hydroxyl groups is 1. The molecule has 0 spiro atoms. The largest absolute Gasteiger partial charge is 0.394 e. The van der Waals surface area contributed by atoms with E-state index in [0.29, 0.717) is 5.69 Å². The second-order valence-corrected chi connectivity index (χ2v) is 6.63. The lowest BCUT2D eigenvalue weighted by molar-refractivity contribution is -0.00226. The van der Waals surface area contributed by atoms with Crippen LogP contribution in [-0.2, 0) is 0 Å². The molecule has 2 heterocycles. The number of benzene rings is 2. The average Bonchev–Trinajstić information content (AvgIpc) is 2.60. The quantitative estimate of drug-likeness (QED) is 0.883. The second-order valence-electron chi connectivity index (χ2n) is 6.63. The highest BCUT2D eigenvalue weighted by molar-refractivity contribution is 5.91. The van der Waals surface area contributed by atoms with Gasteiger partial charge in [-0.15, -0.1) is 0 Å². The summed E-state index contributed by atoms with van der Waals surface area (Å²) in [6, 6.07) is 13.3. The number of aliphatic hydroxyl groups excluding tert-OH is 1. The number of rotatable bonds is 2. The van der Waals surface area contributed by atoms with Gasteiger partial charge < -0.3 is 20.2 Å². The van der Waals surface area contributed by atoms with Crippen LogP contribution in [-0.4, -0.2) is 48.3 Å². The normalized spacial score (nSPS) is 24.2. The number of halogens is 1. The molecule has 6 heteroatoms. The van der Waals surface area contributed by atoms with Crippen molar-refractivity contribution in [1.82, 2.24) is 4.90 Å². The molecule has 2 aliphatic heterocycles. The van der Waals surface area contributed by atoms with Gasteiger partial charge in [-0.05, 0) is 35.9 Å². The monoisotopic (exact) mass is 341 g/mol. The fraction of sp³-hybridized carbons (Fsp3) is 0.316. The molecule has 0 aliphatic carbocycles. The number of carbonyl (C=O) groups excluding carboxylic acids is 1. The molecule has 3 atom stereocenters. The summed E-state index contributed by atoms with van der Waals surface area (Å²) in [6.45, 7) is 0.630. The van der Waals surface area contributed by atoms with Gasteiger partial charge in [-0.25, -0.2) is 9.18 Å². The van der Waals surface area contributed by atoms with Crippen molar-refractivity contribution in [3.8, 4) is 0 Å². The highest BCUT2D eigenvalue weighted by atomic mass is 19.1. The number of hydrogen-bond donors (Lipinski definition) is 2. The third kappa shape index (κ3) is 2.53. The molecular weight excluding hydrogens is 321 g/mol. The molecule has 4 rings (SSSR count). The summed E-state index contributed by atoms with van der Waals surface area (Å²) >= 11 is 0. The fourth-order valence-corrected chi connectivity index (χ4v) is 4.08. The minimum atomic E-state index is -0.347. The van der Waals surface area contributed by atoms with E-state index in [0.717, 1.165) is 12.2 Å². The van der Waals surface area contributed by atoms with E-state index in [1.165, 1.54) is 29.8 Å². The van der Waals surface area contributed by atoms with E-state index in [9.17, 15) is 14.3 Å². The van der Waals surface area contributed by atoms with Crippen LogP contribution in [0, 0.1) is 5.82 Å². The standard InChI is InChI=1S/C19H20FN3O2/c1-22-10-16-18(14-4-2-3-5-15(14)22)17(11-24)23(16)19(25)21-13-8-6-12(20)7-9-13/h2-9,16-18,24H,10-11H2,1H3,(H,21,25)/t16-,17+,18+/m0/s1. The summed E-state index contributed by atoms with van der Waals surface area (Å²) in [5.74, 6) is -0.211. The third-order valence-corrected chi connectivity index (χ3v) is 5.23. The maximum Gasteiger partial charge on any atom is 0.322 e. The van der Waals surface area contributed by atoms with E-state index < -0.39 is 0 Å². The number of para-hydroxylation sites is 1. The molecule has 1 fully saturated rings. The van der Waals surface area contributed by atoms with Crippen molar-refractivity contribution in [3.05, 3.63) is 59.9 Å². The molecule has 2 N–H and O–H groups in total. The average molecular weight is 341 g/mol. The molecule has 0 saturated carbocycles. The minimum absolute atomic E-state index is 0.0116. The first-order valence-electron chi connectivity index (χ1n) is 8.36. The molecule has 0 bridgehead atoms. The number of likely N-dealkylation sites (N-methyl/N-ethyl adjacent to an activating group) is 1. The Bertz CT molecular complexity index is 796. The number of carbonyl (C=O) groups is 1. The SMILES string of the molecule is CN1C[C@H]2[C@@H](c3ccccc31)[C@@H](CO)N2C(=O)Nc1ccc(F)cc1.